The van der Waals surface area contributed by atoms with Gasteiger partial charge in [-0.3, -0.25) is 0 Å². The van der Waals surface area contributed by atoms with Gasteiger partial charge in [-0.2, -0.15) is 14.6 Å². The van der Waals surface area contributed by atoms with Gasteiger partial charge in [0, 0.05) is 12.5 Å². The highest BCUT2D eigenvalue weighted by Gasteiger charge is 2.05. The van der Waals surface area contributed by atoms with Gasteiger partial charge in [0.15, 0.2) is 5.65 Å². The van der Waals surface area contributed by atoms with Gasteiger partial charge >= 0.3 is 0 Å². The number of hydrogen-bond acceptors (Lipinski definition) is 4. The van der Waals surface area contributed by atoms with E-state index in [-0.39, 0.29) is 0 Å². The number of rotatable bonds is 2. The number of nitrogens with zero attached hydrogens (tertiary/aromatic N) is 4. The van der Waals surface area contributed by atoms with Crippen molar-refractivity contribution in [2.75, 3.05) is 5.73 Å². The van der Waals surface area contributed by atoms with E-state index in [2.05, 4.69) is 15.1 Å². The minimum absolute atomic E-state index is 0.367. The first-order valence-electron chi connectivity index (χ1n) is 5.33. The summed E-state index contributed by atoms with van der Waals surface area (Å²) >= 11 is 0. The molecule has 2 N–H and O–H groups in total. The first-order chi connectivity index (χ1) is 8.33. The molecule has 0 radical (unpaired) electrons. The molecule has 0 spiro atoms. The Morgan fingerprint density at radius 3 is 2.71 bits per heavy atom. The Morgan fingerprint density at radius 1 is 1.06 bits per heavy atom. The maximum absolute atomic E-state index is 5.80. The number of nitrogens with two attached hydrogens (primary N) is 1. The standard InChI is InChI=1S/C12H11N5/c13-12-16-10(8-9-4-2-1-3-5-9)15-11-6-7-14-17(11)12/h1-7H,8H2,(H2,13,15,16). The molecule has 17 heavy (non-hydrogen) atoms. The molecule has 3 aromatic rings. The van der Waals surface area contributed by atoms with Crippen molar-refractivity contribution < 1.29 is 0 Å². The lowest BCUT2D eigenvalue weighted by molar-refractivity contribution is 0.865. The van der Waals surface area contributed by atoms with Gasteiger partial charge in [-0.05, 0) is 5.56 Å². The number of benzene rings is 1. The SMILES string of the molecule is Nc1nc(Cc2ccccc2)nc2ccnn12. The van der Waals surface area contributed by atoms with E-state index in [0.717, 1.165) is 11.2 Å². The molecule has 0 aliphatic heterocycles. The molecule has 0 bridgehead atoms. The van der Waals surface area contributed by atoms with Crippen LogP contribution < -0.4 is 5.73 Å². The number of fused-ring (bicyclic) bond motifs is 1. The topological polar surface area (TPSA) is 69.1 Å². The second-order valence-corrected chi connectivity index (χ2v) is 3.76. The van der Waals surface area contributed by atoms with Crippen LogP contribution in [0.3, 0.4) is 0 Å². The highest BCUT2D eigenvalue weighted by atomic mass is 15.3. The van der Waals surface area contributed by atoms with Crippen LogP contribution in [0.25, 0.3) is 5.65 Å². The van der Waals surface area contributed by atoms with Crippen LogP contribution in [0.2, 0.25) is 0 Å². The van der Waals surface area contributed by atoms with Crippen molar-refractivity contribution in [2.45, 2.75) is 6.42 Å². The summed E-state index contributed by atoms with van der Waals surface area (Å²) in [4.78, 5) is 8.64. The Kier molecular flexibility index (Phi) is 2.22. The summed E-state index contributed by atoms with van der Waals surface area (Å²) < 4.78 is 1.52. The second-order valence-electron chi connectivity index (χ2n) is 3.76. The zero-order chi connectivity index (χ0) is 11.7. The monoisotopic (exact) mass is 225 g/mol. The Balaban J connectivity index is 2.01. The van der Waals surface area contributed by atoms with Crippen LogP contribution in [0, 0.1) is 0 Å². The third-order valence-electron chi connectivity index (χ3n) is 2.53. The Hall–Kier alpha value is -2.43. The summed E-state index contributed by atoms with van der Waals surface area (Å²) in [5.41, 5.74) is 7.69. The van der Waals surface area contributed by atoms with Crippen LogP contribution >= 0.6 is 0 Å². The summed E-state index contributed by atoms with van der Waals surface area (Å²) in [6, 6.07) is 11.9. The van der Waals surface area contributed by atoms with Crippen molar-refractivity contribution >= 4 is 11.6 Å². The van der Waals surface area contributed by atoms with Crippen molar-refractivity contribution in [1.82, 2.24) is 19.6 Å². The Bertz CT molecular complexity index is 644. The zero-order valence-electron chi connectivity index (χ0n) is 9.11. The van der Waals surface area contributed by atoms with Crippen molar-refractivity contribution in [2.24, 2.45) is 0 Å². The molecule has 5 nitrogen and oxygen atoms in total. The molecule has 3 rings (SSSR count). The van der Waals surface area contributed by atoms with Crippen LogP contribution in [-0.2, 0) is 6.42 Å². The van der Waals surface area contributed by atoms with Gasteiger partial charge in [0.05, 0.1) is 6.20 Å². The van der Waals surface area contributed by atoms with Gasteiger partial charge in [0.1, 0.15) is 5.82 Å². The van der Waals surface area contributed by atoms with E-state index in [1.807, 2.05) is 36.4 Å². The normalized spacial score (nSPS) is 10.8. The van der Waals surface area contributed by atoms with E-state index < -0.39 is 0 Å². The Morgan fingerprint density at radius 2 is 1.88 bits per heavy atom. The molecule has 0 amide bonds. The van der Waals surface area contributed by atoms with E-state index in [4.69, 9.17) is 5.73 Å². The number of hydrogen-bond donors (Lipinski definition) is 1. The molecular weight excluding hydrogens is 214 g/mol. The van der Waals surface area contributed by atoms with Crippen molar-refractivity contribution in [1.29, 1.82) is 0 Å². The molecule has 2 aromatic heterocycles. The molecule has 0 fully saturated rings. The van der Waals surface area contributed by atoms with E-state index in [0.29, 0.717) is 18.2 Å². The maximum Gasteiger partial charge on any atom is 0.224 e. The van der Waals surface area contributed by atoms with E-state index >= 15 is 0 Å². The molecule has 1 aromatic carbocycles. The van der Waals surface area contributed by atoms with E-state index in [1.54, 1.807) is 6.20 Å². The van der Waals surface area contributed by atoms with Gasteiger partial charge < -0.3 is 5.73 Å². The van der Waals surface area contributed by atoms with Gasteiger partial charge in [-0.1, -0.05) is 30.3 Å². The minimum atomic E-state index is 0.367. The predicted octanol–water partition coefficient (Wildman–Crippen LogP) is 1.30. The van der Waals surface area contributed by atoms with Crippen LogP contribution in [0.4, 0.5) is 5.95 Å². The van der Waals surface area contributed by atoms with Crippen LogP contribution in [0.1, 0.15) is 11.4 Å². The van der Waals surface area contributed by atoms with Crippen molar-refractivity contribution in [3.8, 4) is 0 Å². The quantitative estimate of drug-likeness (QED) is 0.713. The summed E-state index contributed by atoms with van der Waals surface area (Å²) in [5.74, 6) is 1.08. The first-order valence-corrected chi connectivity index (χ1v) is 5.33. The molecule has 0 aliphatic rings. The fraction of sp³-hybridized carbons (Fsp3) is 0.0833. The zero-order valence-corrected chi connectivity index (χ0v) is 9.11. The molecule has 5 heteroatoms. The summed E-state index contributed by atoms with van der Waals surface area (Å²) in [5, 5.41) is 4.03. The lowest BCUT2D eigenvalue weighted by atomic mass is 10.1. The number of nitrogen functional groups attached to an aromatic ring is 1. The number of aromatic nitrogens is 4. The molecule has 2 heterocycles. The molecule has 0 saturated carbocycles. The molecule has 84 valence electrons. The van der Waals surface area contributed by atoms with Crippen LogP contribution in [0.5, 0.6) is 0 Å². The van der Waals surface area contributed by atoms with Crippen molar-refractivity contribution in [3.05, 3.63) is 54.0 Å². The van der Waals surface area contributed by atoms with Gasteiger partial charge in [-0.25, -0.2) is 4.98 Å². The molecule has 0 saturated heterocycles. The van der Waals surface area contributed by atoms with Crippen LogP contribution in [0.15, 0.2) is 42.6 Å². The third-order valence-corrected chi connectivity index (χ3v) is 2.53. The highest BCUT2D eigenvalue weighted by Crippen LogP contribution is 2.09. The molecular formula is C12H11N5. The molecule has 0 aliphatic carbocycles. The lowest BCUT2D eigenvalue weighted by Gasteiger charge is -2.03. The van der Waals surface area contributed by atoms with Gasteiger partial charge in [-0.15, -0.1) is 0 Å². The van der Waals surface area contributed by atoms with Crippen LogP contribution in [-0.4, -0.2) is 19.6 Å². The Labute approximate surface area is 97.9 Å². The van der Waals surface area contributed by atoms with E-state index in [9.17, 15) is 0 Å². The first kappa shape index (κ1) is 9.77. The fourth-order valence-electron chi connectivity index (χ4n) is 1.75. The van der Waals surface area contributed by atoms with Gasteiger partial charge in [0.2, 0.25) is 5.95 Å². The third kappa shape index (κ3) is 1.82. The van der Waals surface area contributed by atoms with Crippen molar-refractivity contribution in [3.63, 3.8) is 0 Å². The summed E-state index contributed by atoms with van der Waals surface area (Å²) in [7, 11) is 0. The summed E-state index contributed by atoms with van der Waals surface area (Å²) in [6.45, 7) is 0. The average molecular weight is 225 g/mol. The largest absolute Gasteiger partial charge is 0.368 e. The van der Waals surface area contributed by atoms with Gasteiger partial charge in [0.25, 0.3) is 0 Å². The van der Waals surface area contributed by atoms with E-state index in [1.165, 1.54) is 4.52 Å². The highest BCUT2D eigenvalue weighted by molar-refractivity contribution is 5.41. The molecule has 0 unspecified atom stereocenters. The predicted molar refractivity (Wildman–Crippen MR) is 64.4 cm³/mol. The smallest absolute Gasteiger partial charge is 0.224 e. The fourth-order valence-corrected chi connectivity index (χ4v) is 1.75. The number of anilines is 1. The maximum atomic E-state index is 5.80. The lowest BCUT2D eigenvalue weighted by Crippen LogP contribution is -2.07. The summed E-state index contributed by atoms with van der Waals surface area (Å²) in [6.07, 6.45) is 2.33. The second kappa shape index (κ2) is 3.86. The minimum Gasteiger partial charge on any atom is -0.368 e. The average Bonchev–Trinajstić information content (AvgIpc) is 2.79. The molecule has 0 atom stereocenters.